The molecule has 0 atom stereocenters. The summed E-state index contributed by atoms with van der Waals surface area (Å²) >= 11 is 12.0. The second kappa shape index (κ2) is 7.32. The number of hydrogen-bond donors (Lipinski definition) is 0. The molecule has 0 aliphatic heterocycles. The van der Waals surface area contributed by atoms with Gasteiger partial charge in [0, 0.05) is 15.6 Å². The minimum absolute atomic E-state index is 0.482. The second-order valence-electron chi connectivity index (χ2n) is 4.82. The molecule has 4 heteroatoms. The van der Waals surface area contributed by atoms with E-state index in [1.807, 2.05) is 54.6 Å². The molecule has 0 aliphatic rings. The molecule has 23 heavy (non-hydrogen) atoms. The van der Waals surface area contributed by atoms with E-state index >= 15 is 0 Å². The lowest BCUT2D eigenvalue weighted by Crippen LogP contribution is -2.10. The molecule has 0 heterocycles. The highest BCUT2D eigenvalue weighted by molar-refractivity contribution is 6.31. The van der Waals surface area contributed by atoms with Crippen LogP contribution in [0.2, 0.25) is 10.0 Å². The average molecular weight is 342 g/mol. The Morgan fingerprint density at radius 2 is 1.43 bits per heavy atom. The zero-order valence-electron chi connectivity index (χ0n) is 12.1. The van der Waals surface area contributed by atoms with Crippen LogP contribution in [0.15, 0.2) is 83.9 Å². The molecular weight excluding hydrogens is 329 g/mol. The van der Waals surface area contributed by atoms with Crippen molar-refractivity contribution in [2.45, 2.75) is 0 Å². The Hall–Kier alpha value is -2.29. The summed E-state index contributed by atoms with van der Waals surface area (Å²) in [7, 11) is 0. The van der Waals surface area contributed by atoms with E-state index in [1.54, 1.807) is 24.3 Å². The summed E-state index contributed by atoms with van der Waals surface area (Å²) in [5, 5.41) is 1.24. The van der Waals surface area contributed by atoms with Crippen molar-refractivity contribution in [3.63, 3.8) is 0 Å². The summed E-state index contributed by atoms with van der Waals surface area (Å²) < 4.78 is 5.95. The Morgan fingerprint density at radius 1 is 0.739 bits per heavy atom. The molecule has 3 aromatic rings. The maximum Gasteiger partial charge on any atom is 0.227 e. The molecule has 0 N–H and O–H groups in total. The highest BCUT2D eigenvalue weighted by Gasteiger charge is 2.07. The summed E-state index contributed by atoms with van der Waals surface area (Å²) in [6, 6.07) is 24.2. The molecule has 114 valence electrons. The fourth-order valence-corrected chi connectivity index (χ4v) is 2.40. The molecular formula is C19H13Cl2NO. The van der Waals surface area contributed by atoms with E-state index in [4.69, 9.17) is 27.9 Å². The van der Waals surface area contributed by atoms with Gasteiger partial charge in [0.15, 0.2) is 0 Å². The minimum Gasteiger partial charge on any atom is -0.438 e. The molecule has 0 aliphatic carbocycles. The first kappa shape index (κ1) is 15.6. The van der Waals surface area contributed by atoms with Crippen molar-refractivity contribution in [2.24, 2.45) is 4.99 Å². The molecule has 0 radical (unpaired) electrons. The van der Waals surface area contributed by atoms with Gasteiger partial charge in [-0.1, -0.05) is 53.5 Å². The highest BCUT2D eigenvalue weighted by atomic mass is 35.5. The normalized spacial score (nSPS) is 11.3. The molecule has 0 aromatic heterocycles. The van der Waals surface area contributed by atoms with Gasteiger partial charge in [0.05, 0.1) is 5.69 Å². The van der Waals surface area contributed by atoms with Gasteiger partial charge in [0.25, 0.3) is 0 Å². The molecule has 0 spiro atoms. The van der Waals surface area contributed by atoms with Gasteiger partial charge in [-0.2, -0.15) is 0 Å². The Kier molecular flexibility index (Phi) is 4.96. The SMILES string of the molecule is Clc1cccc(N=C(Oc2cccc(Cl)c2)c2ccccc2)c1. The lowest BCUT2D eigenvalue weighted by molar-refractivity contribution is 0.553. The van der Waals surface area contributed by atoms with Gasteiger partial charge in [-0.25, -0.2) is 4.99 Å². The third kappa shape index (κ3) is 4.35. The van der Waals surface area contributed by atoms with Gasteiger partial charge in [-0.15, -0.1) is 0 Å². The van der Waals surface area contributed by atoms with Crippen LogP contribution in [0.25, 0.3) is 0 Å². The van der Waals surface area contributed by atoms with Gasteiger partial charge in [0.1, 0.15) is 5.75 Å². The third-order valence-corrected chi connectivity index (χ3v) is 3.54. The van der Waals surface area contributed by atoms with E-state index < -0.39 is 0 Å². The van der Waals surface area contributed by atoms with Crippen molar-refractivity contribution in [3.05, 3.63) is 94.5 Å². The van der Waals surface area contributed by atoms with Crippen molar-refractivity contribution in [3.8, 4) is 5.75 Å². The lowest BCUT2D eigenvalue weighted by atomic mass is 10.2. The molecule has 2 nitrogen and oxygen atoms in total. The molecule has 3 rings (SSSR count). The van der Waals surface area contributed by atoms with E-state index in [0.717, 1.165) is 11.3 Å². The number of aliphatic imine (C=N–C) groups is 1. The molecule has 0 saturated carbocycles. The maximum atomic E-state index is 6.03. The molecule has 0 saturated heterocycles. The van der Waals surface area contributed by atoms with Gasteiger partial charge in [-0.05, 0) is 48.5 Å². The Bertz CT molecular complexity index is 832. The quantitative estimate of drug-likeness (QED) is 0.413. The summed E-state index contributed by atoms with van der Waals surface area (Å²) in [6.45, 7) is 0. The monoisotopic (exact) mass is 341 g/mol. The van der Waals surface area contributed by atoms with Crippen LogP contribution in [0.1, 0.15) is 5.56 Å². The highest BCUT2D eigenvalue weighted by Crippen LogP contribution is 2.22. The van der Waals surface area contributed by atoms with Crippen LogP contribution in [0.5, 0.6) is 5.75 Å². The van der Waals surface area contributed by atoms with Crippen LogP contribution in [0, 0.1) is 0 Å². The summed E-state index contributed by atoms with van der Waals surface area (Å²) in [6.07, 6.45) is 0. The predicted molar refractivity (Wildman–Crippen MR) is 96.2 cm³/mol. The minimum atomic E-state index is 0.482. The fraction of sp³-hybridized carbons (Fsp3) is 0. The zero-order valence-corrected chi connectivity index (χ0v) is 13.6. The molecule has 3 aromatic carbocycles. The maximum absolute atomic E-state index is 6.03. The smallest absolute Gasteiger partial charge is 0.227 e. The first-order valence-corrected chi connectivity index (χ1v) is 7.79. The van der Waals surface area contributed by atoms with Crippen LogP contribution >= 0.6 is 23.2 Å². The average Bonchev–Trinajstić information content (AvgIpc) is 2.55. The number of rotatable bonds is 3. The van der Waals surface area contributed by atoms with Gasteiger partial charge < -0.3 is 4.74 Å². The molecule has 0 fully saturated rings. The van der Waals surface area contributed by atoms with Crippen molar-refractivity contribution in [1.29, 1.82) is 0 Å². The van der Waals surface area contributed by atoms with E-state index in [0.29, 0.717) is 21.7 Å². The topological polar surface area (TPSA) is 21.6 Å². The van der Waals surface area contributed by atoms with Crippen LogP contribution in [-0.2, 0) is 0 Å². The third-order valence-electron chi connectivity index (χ3n) is 3.07. The largest absolute Gasteiger partial charge is 0.438 e. The Balaban J connectivity index is 2.00. The van der Waals surface area contributed by atoms with Crippen LogP contribution in [0.4, 0.5) is 5.69 Å². The second-order valence-corrected chi connectivity index (χ2v) is 5.70. The first-order valence-electron chi connectivity index (χ1n) is 7.04. The Morgan fingerprint density at radius 3 is 2.13 bits per heavy atom. The summed E-state index contributed by atoms with van der Waals surface area (Å²) in [5.74, 6) is 1.11. The van der Waals surface area contributed by atoms with E-state index in [9.17, 15) is 0 Å². The van der Waals surface area contributed by atoms with E-state index in [2.05, 4.69) is 4.99 Å². The number of hydrogen-bond acceptors (Lipinski definition) is 2. The van der Waals surface area contributed by atoms with Crippen LogP contribution < -0.4 is 4.74 Å². The standard InChI is InChI=1S/C19H13Cl2NO/c20-15-8-4-10-17(12-15)22-19(14-6-2-1-3-7-14)23-18-11-5-9-16(21)13-18/h1-13H. The molecule has 0 bridgehead atoms. The van der Waals surface area contributed by atoms with Crippen molar-refractivity contribution in [2.75, 3.05) is 0 Å². The van der Waals surface area contributed by atoms with E-state index in [-0.39, 0.29) is 0 Å². The number of benzene rings is 3. The predicted octanol–water partition coefficient (Wildman–Crippen LogP) is 6.15. The number of halogens is 2. The van der Waals surface area contributed by atoms with Gasteiger partial charge in [0.2, 0.25) is 5.90 Å². The first-order chi connectivity index (χ1) is 11.2. The van der Waals surface area contributed by atoms with Crippen molar-refractivity contribution in [1.82, 2.24) is 0 Å². The van der Waals surface area contributed by atoms with Gasteiger partial charge >= 0.3 is 0 Å². The summed E-state index contributed by atoms with van der Waals surface area (Å²) in [4.78, 5) is 4.58. The van der Waals surface area contributed by atoms with E-state index in [1.165, 1.54) is 0 Å². The Labute approximate surface area is 145 Å². The van der Waals surface area contributed by atoms with Crippen LogP contribution in [-0.4, -0.2) is 5.90 Å². The fourth-order valence-electron chi connectivity index (χ4n) is 2.03. The lowest BCUT2D eigenvalue weighted by Gasteiger charge is -2.10. The van der Waals surface area contributed by atoms with Crippen molar-refractivity contribution < 1.29 is 4.74 Å². The number of nitrogens with zero attached hydrogens (tertiary/aromatic N) is 1. The number of ether oxygens (including phenoxy) is 1. The van der Waals surface area contributed by atoms with Crippen LogP contribution in [0.3, 0.4) is 0 Å². The van der Waals surface area contributed by atoms with Crippen molar-refractivity contribution >= 4 is 34.8 Å². The zero-order chi connectivity index (χ0) is 16.1. The summed E-state index contributed by atoms with van der Waals surface area (Å²) in [5.41, 5.74) is 1.59. The van der Waals surface area contributed by atoms with Gasteiger partial charge in [-0.3, -0.25) is 0 Å². The molecule has 0 unspecified atom stereocenters. The molecule has 0 amide bonds.